The van der Waals surface area contributed by atoms with Gasteiger partial charge in [0, 0.05) is 12.3 Å². The smallest absolute Gasteiger partial charge is 0.232 e. The van der Waals surface area contributed by atoms with Crippen molar-refractivity contribution in [3.05, 3.63) is 54.1 Å². The number of Topliss-reactive ketones (excluding diaryl/α,β-unsaturated/α-hetero) is 2. The highest BCUT2D eigenvalue weighted by Gasteiger charge is 2.21. The van der Waals surface area contributed by atoms with Crippen LogP contribution in [0, 0.1) is 0 Å². The Morgan fingerprint density at radius 2 is 1.25 bits per heavy atom. The van der Waals surface area contributed by atoms with Gasteiger partial charge in [-0.25, -0.2) is 0 Å². The van der Waals surface area contributed by atoms with E-state index in [4.69, 9.17) is 0 Å². The van der Waals surface area contributed by atoms with E-state index in [1.54, 1.807) is 24.3 Å². The SMILES string of the molecule is CC(=O)C(=O)c1c(O)c2ccccc2c2ccccc12. The quantitative estimate of drug-likeness (QED) is 0.438. The van der Waals surface area contributed by atoms with Crippen molar-refractivity contribution in [1.82, 2.24) is 0 Å². The highest BCUT2D eigenvalue weighted by atomic mass is 16.3. The third kappa shape index (κ3) is 1.67. The first kappa shape index (κ1) is 12.4. The van der Waals surface area contributed by atoms with Gasteiger partial charge >= 0.3 is 0 Å². The van der Waals surface area contributed by atoms with Crippen molar-refractivity contribution < 1.29 is 14.7 Å². The number of rotatable bonds is 2. The molecule has 20 heavy (non-hydrogen) atoms. The van der Waals surface area contributed by atoms with E-state index in [1.807, 2.05) is 24.3 Å². The average Bonchev–Trinajstić information content (AvgIpc) is 2.47. The van der Waals surface area contributed by atoms with Crippen molar-refractivity contribution >= 4 is 33.1 Å². The summed E-state index contributed by atoms with van der Waals surface area (Å²) >= 11 is 0. The van der Waals surface area contributed by atoms with Crippen LogP contribution < -0.4 is 0 Å². The van der Waals surface area contributed by atoms with Gasteiger partial charge in [0.1, 0.15) is 5.75 Å². The maximum absolute atomic E-state index is 12.1. The van der Waals surface area contributed by atoms with Crippen molar-refractivity contribution in [2.75, 3.05) is 0 Å². The Kier molecular flexibility index (Phi) is 2.75. The highest BCUT2D eigenvalue weighted by molar-refractivity contribution is 6.46. The zero-order valence-corrected chi connectivity index (χ0v) is 10.9. The molecule has 3 aromatic carbocycles. The Morgan fingerprint density at radius 1 is 0.800 bits per heavy atom. The molecule has 0 aliphatic carbocycles. The first-order valence-electron chi connectivity index (χ1n) is 6.29. The summed E-state index contributed by atoms with van der Waals surface area (Å²) in [4.78, 5) is 23.5. The van der Waals surface area contributed by atoms with Gasteiger partial charge in [-0.1, -0.05) is 48.5 Å². The van der Waals surface area contributed by atoms with Gasteiger partial charge in [-0.15, -0.1) is 0 Å². The molecule has 0 amide bonds. The lowest BCUT2D eigenvalue weighted by Crippen LogP contribution is -2.10. The molecular weight excluding hydrogens is 252 g/mol. The molecule has 0 aliphatic heterocycles. The van der Waals surface area contributed by atoms with E-state index in [0.717, 1.165) is 10.8 Å². The van der Waals surface area contributed by atoms with E-state index in [0.29, 0.717) is 10.8 Å². The van der Waals surface area contributed by atoms with Gasteiger partial charge in [-0.05, 0) is 16.2 Å². The summed E-state index contributed by atoms with van der Waals surface area (Å²) in [5, 5.41) is 13.3. The van der Waals surface area contributed by atoms with E-state index < -0.39 is 11.6 Å². The van der Waals surface area contributed by atoms with Gasteiger partial charge < -0.3 is 5.11 Å². The summed E-state index contributed by atoms with van der Waals surface area (Å²) < 4.78 is 0. The Hall–Kier alpha value is -2.68. The van der Waals surface area contributed by atoms with Crippen LogP contribution >= 0.6 is 0 Å². The van der Waals surface area contributed by atoms with E-state index in [2.05, 4.69) is 0 Å². The maximum Gasteiger partial charge on any atom is 0.232 e. The van der Waals surface area contributed by atoms with Crippen LogP contribution in [0.15, 0.2) is 48.5 Å². The number of carbonyl (C=O) groups excluding carboxylic acids is 2. The minimum Gasteiger partial charge on any atom is -0.507 e. The predicted molar refractivity (Wildman–Crippen MR) is 78.1 cm³/mol. The van der Waals surface area contributed by atoms with Crippen LogP contribution in [0.2, 0.25) is 0 Å². The second-order valence-corrected chi connectivity index (χ2v) is 4.70. The summed E-state index contributed by atoms with van der Waals surface area (Å²) in [6.45, 7) is 1.21. The molecule has 3 rings (SSSR count). The van der Waals surface area contributed by atoms with Crippen molar-refractivity contribution in [3.63, 3.8) is 0 Å². The van der Waals surface area contributed by atoms with Gasteiger partial charge in [0.15, 0.2) is 5.78 Å². The van der Waals surface area contributed by atoms with E-state index in [1.165, 1.54) is 6.92 Å². The molecule has 0 saturated carbocycles. The number of hydrogen-bond acceptors (Lipinski definition) is 3. The molecule has 0 radical (unpaired) electrons. The van der Waals surface area contributed by atoms with Crippen LogP contribution in [0.4, 0.5) is 0 Å². The second-order valence-electron chi connectivity index (χ2n) is 4.70. The lowest BCUT2D eigenvalue weighted by molar-refractivity contribution is -0.113. The predicted octanol–water partition coefficient (Wildman–Crippen LogP) is 3.47. The average molecular weight is 264 g/mol. The third-order valence-electron chi connectivity index (χ3n) is 3.45. The molecule has 98 valence electrons. The Balaban J connectivity index is 2.58. The second kappa shape index (κ2) is 4.46. The van der Waals surface area contributed by atoms with Crippen molar-refractivity contribution in [2.45, 2.75) is 6.92 Å². The monoisotopic (exact) mass is 264 g/mol. The van der Waals surface area contributed by atoms with Crippen molar-refractivity contribution in [1.29, 1.82) is 0 Å². The minimum absolute atomic E-state index is 0.0896. The number of fused-ring (bicyclic) bond motifs is 3. The van der Waals surface area contributed by atoms with Crippen LogP contribution in [0.5, 0.6) is 5.75 Å². The molecule has 0 aromatic heterocycles. The first-order chi connectivity index (χ1) is 9.61. The number of hydrogen-bond donors (Lipinski definition) is 1. The third-order valence-corrected chi connectivity index (χ3v) is 3.45. The van der Waals surface area contributed by atoms with E-state index in [-0.39, 0.29) is 11.3 Å². The highest BCUT2D eigenvalue weighted by Crippen LogP contribution is 2.37. The number of ketones is 2. The van der Waals surface area contributed by atoms with Crippen LogP contribution in [-0.2, 0) is 4.79 Å². The summed E-state index contributed by atoms with van der Waals surface area (Å²) in [6.07, 6.45) is 0. The fourth-order valence-corrected chi connectivity index (χ4v) is 2.53. The standard InChI is InChI=1S/C17H12O3/c1-10(18)16(19)15-13-8-4-2-6-11(13)12-7-3-5-9-14(12)17(15)20/h2-9,20H,1H3. The number of benzene rings is 3. The molecule has 3 aromatic rings. The largest absolute Gasteiger partial charge is 0.507 e. The molecule has 0 fully saturated rings. The molecule has 1 N–H and O–H groups in total. The topological polar surface area (TPSA) is 54.4 Å². The van der Waals surface area contributed by atoms with Crippen molar-refractivity contribution in [2.24, 2.45) is 0 Å². The molecule has 0 aliphatic rings. The fraction of sp³-hybridized carbons (Fsp3) is 0.0588. The summed E-state index contributed by atoms with van der Waals surface area (Å²) in [5.74, 6) is -1.37. The van der Waals surface area contributed by atoms with Crippen LogP contribution in [0.1, 0.15) is 17.3 Å². The lowest BCUT2D eigenvalue weighted by atomic mass is 9.93. The number of phenols is 1. The van der Waals surface area contributed by atoms with Crippen LogP contribution in [0.3, 0.4) is 0 Å². The van der Waals surface area contributed by atoms with Gasteiger partial charge in [0.05, 0.1) is 5.56 Å². The van der Waals surface area contributed by atoms with Gasteiger partial charge in [-0.2, -0.15) is 0 Å². The summed E-state index contributed by atoms with van der Waals surface area (Å²) in [6, 6.07) is 14.6. The molecule has 0 atom stereocenters. The normalized spacial score (nSPS) is 10.8. The number of phenolic OH excluding ortho intramolecular Hbond substituents is 1. The minimum atomic E-state index is -0.663. The van der Waals surface area contributed by atoms with E-state index >= 15 is 0 Å². The Bertz CT molecular complexity index is 863. The zero-order valence-electron chi connectivity index (χ0n) is 10.9. The number of aromatic hydroxyl groups is 1. The van der Waals surface area contributed by atoms with Gasteiger partial charge in [-0.3, -0.25) is 9.59 Å². The van der Waals surface area contributed by atoms with Crippen molar-refractivity contribution in [3.8, 4) is 5.75 Å². The fourth-order valence-electron chi connectivity index (χ4n) is 2.53. The van der Waals surface area contributed by atoms with E-state index in [9.17, 15) is 14.7 Å². The number of carbonyl (C=O) groups is 2. The molecular formula is C17H12O3. The molecule has 0 unspecified atom stereocenters. The maximum atomic E-state index is 12.1. The summed E-state index contributed by atoms with van der Waals surface area (Å²) in [7, 11) is 0. The molecule has 0 heterocycles. The van der Waals surface area contributed by atoms with Crippen LogP contribution in [0.25, 0.3) is 21.5 Å². The molecule has 0 bridgehead atoms. The van der Waals surface area contributed by atoms with Gasteiger partial charge in [0.25, 0.3) is 0 Å². The zero-order chi connectivity index (χ0) is 14.3. The molecule has 3 nitrogen and oxygen atoms in total. The van der Waals surface area contributed by atoms with Crippen LogP contribution in [-0.4, -0.2) is 16.7 Å². The Morgan fingerprint density at radius 3 is 1.80 bits per heavy atom. The molecule has 0 spiro atoms. The lowest BCUT2D eigenvalue weighted by Gasteiger charge is -2.11. The van der Waals surface area contributed by atoms with Gasteiger partial charge in [0.2, 0.25) is 5.78 Å². The molecule has 0 saturated heterocycles. The first-order valence-corrected chi connectivity index (χ1v) is 6.29. The summed E-state index contributed by atoms with van der Waals surface area (Å²) in [5.41, 5.74) is 0.0896. The molecule has 3 heteroatoms. The Labute approximate surface area is 115 Å².